The Balaban J connectivity index is 2.44. The number of hydrogen-bond donors (Lipinski definition) is 2. The lowest BCUT2D eigenvalue weighted by Gasteiger charge is -2.28. The van der Waals surface area contributed by atoms with E-state index in [1.165, 1.54) is 25.7 Å². The summed E-state index contributed by atoms with van der Waals surface area (Å²) in [6, 6.07) is 0.525. The smallest absolute Gasteiger partial charge is 0.0289 e. The zero-order valence-corrected chi connectivity index (χ0v) is 8.56. The van der Waals surface area contributed by atoms with Gasteiger partial charge in [0.1, 0.15) is 0 Å². The van der Waals surface area contributed by atoms with Gasteiger partial charge < -0.3 is 0 Å². The highest BCUT2D eigenvalue weighted by Gasteiger charge is 2.46. The highest BCUT2D eigenvalue weighted by atomic mass is 15.2. The second kappa shape index (κ2) is 3.75. The van der Waals surface area contributed by atoms with Crippen LogP contribution in [0.3, 0.4) is 0 Å². The van der Waals surface area contributed by atoms with Crippen molar-refractivity contribution in [2.45, 2.75) is 52.5 Å². The topological polar surface area (TPSA) is 38.0 Å². The fourth-order valence-corrected chi connectivity index (χ4v) is 2.18. The molecule has 1 saturated carbocycles. The second-order valence-corrected chi connectivity index (χ2v) is 4.56. The van der Waals surface area contributed by atoms with Gasteiger partial charge >= 0.3 is 0 Å². The maximum Gasteiger partial charge on any atom is 0.0289 e. The molecule has 2 atom stereocenters. The van der Waals surface area contributed by atoms with Crippen molar-refractivity contribution in [2.75, 3.05) is 0 Å². The van der Waals surface area contributed by atoms with Gasteiger partial charge in [0, 0.05) is 6.04 Å². The van der Waals surface area contributed by atoms with E-state index in [0.29, 0.717) is 17.4 Å². The van der Waals surface area contributed by atoms with Crippen LogP contribution in [0.2, 0.25) is 0 Å². The molecule has 1 rings (SSSR count). The Morgan fingerprint density at radius 2 is 2.08 bits per heavy atom. The van der Waals surface area contributed by atoms with Gasteiger partial charge in [0.05, 0.1) is 0 Å². The van der Waals surface area contributed by atoms with Gasteiger partial charge in [0.25, 0.3) is 0 Å². The molecule has 0 aliphatic heterocycles. The number of nitrogens with one attached hydrogen (secondary N) is 1. The molecule has 2 nitrogen and oxygen atoms in total. The van der Waals surface area contributed by atoms with Crippen LogP contribution in [0.4, 0.5) is 0 Å². The van der Waals surface area contributed by atoms with Crippen molar-refractivity contribution in [1.82, 2.24) is 5.43 Å². The van der Waals surface area contributed by atoms with Crippen molar-refractivity contribution >= 4 is 0 Å². The minimum Gasteiger partial charge on any atom is -0.271 e. The summed E-state index contributed by atoms with van der Waals surface area (Å²) in [7, 11) is 0. The summed E-state index contributed by atoms with van der Waals surface area (Å²) in [5, 5.41) is 0. The molecule has 0 aromatic carbocycles. The van der Waals surface area contributed by atoms with Gasteiger partial charge in [0.2, 0.25) is 0 Å². The Hall–Kier alpha value is -0.0800. The van der Waals surface area contributed by atoms with Crippen LogP contribution in [0.1, 0.15) is 46.5 Å². The molecule has 3 N–H and O–H groups in total. The minimum absolute atomic E-state index is 0.503. The molecule has 72 valence electrons. The zero-order valence-electron chi connectivity index (χ0n) is 8.56. The van der Waals surface area contributed by atoms with Gasteiger partial charge in [-0.1, -0.05) is 27.2 Å². The van der Waals surface area contributed by atoms with E-state index in [1.807, 2.05) is 0 Å². The van der Waals surface area contributed by atoms with E-state index in [2.05, 4.69) is 26.2 Å². The number of hydrogen-bond acceptors (Lipinski definition) is 2. The first kappa shape index (κ1) is 10.0. The lowest BCUT2D eigenvalue weighted by Crippen LogP contribution is -2.45. The molecular formula is C10H22N2. The fraction of sp³-hybridized carbons (Fsp3) is 1.00. The van der Waals surface area contributed by atoms with Crippen LogP contribution >= 0.6 is 0 Å². The van der Waals surface area contributed by atoms with E-state index in [4.69, 9.17) is 5.84 Å². The fourth-order valence-electron chi connectivity index (χ4n) is 2.18. The largest absolute Gasteiger partial charge is 0.271 e. The van der Waals surface area contributed by atoms with Crippen LogP contribution in [0.25, 0.3) is 0 Å². The molecule has 1 aliphatic rings. The maximum absolute atomic E-state index is 5.58. The Labute approximate surface area is 75.9 Å². The third-order valence-corrected chi connectivity index (χ3v) is 3.28. The summed E-state index contributed by atoms with van der Waals surface area (Å²) in [6.07, 6.45) is 5.23. The van der Waals surface area contributed by atoms with Gasteiger partial charge in [-0.05, 0) is 30.6 Å². The summed E-state index contributed by atoms with van der Waals surface area (Å²) in [4.78, 5) is 0. The van der Waals surface area contributed by atoms with E-state index in [-0.39, 0.29) is 0 Å². The summed E-state index contributed by atoms with van der Waals surface area (Å²) in [6.45, 7) is 6.88. The molecule has 0 aromatic rings. The first-order valence-corrected chi connectivity index (χ1v) is 5.10. The minimum atomic E-state index is 0.503. The SMILES string of the molecule is CCCC(C)C(NN)C1(C)CC1. The highest BCUT2D eigenvalue weighted by molar-refractivity contribution is 4.99. The summed E-state index contributed by atoms with van der Waals surface area (Å²) in [5.74, 6) is 6.30. The number of hydrazine groups is 1. The molecule has 0 saturated heterocycles. The lowest BCUT2D eigenvalue weighted by molar-refractivity contribution is 0.257. The molecule has 1 fully saturated rings. The lowest BCUT2D eigenvalue weighted by atomic mass is 9.86. The molecule has 12 heavy (non-hydrogen) atoms. The quantitative estimate of drug-likeness (QED) is 0.489. The van der Waals surface area contributed by atoms with Crippen molar-refractivity contribution < 1.29 is 0 Å². The van der Waals surface area contributed by atoms with E-state index >= 15 is 0 Å². The van der Waals surface area contributed by atoms with Gasteiger partial charge in [-0.3, -0.25) is 11.3 Å². The molecule has 0 amide bonds. The van der Waals surface area contributed by atoms with Crippen LogP contribution < -0.4 is 11.3 Å². The summed E-state index contributed by atoms with van der Waals surface area (Å²) >= 11 is 0. The molecule has 2 heteroatoms. The molecule has 0 bridgehead atoms. The van der Waals surface area contributed by atoms with Crippen LogP contribution in [0.15, 0.2) is 0 Å². The number of rotatable bonds is 5. The van der Waals surface area contributed by atoms with Gasteiger partial charge in [-0.15, -0.1) is 0 Å². The normalized spacial score (nSPS) is 25.0. The summed E-state index contributed by atoms with van der Waals surface area (Å²) < 4.78 is 0. The Morgan fingerprint density at radius 3 is 2.42 bits per heavy atom. The van der Waals surface area contributed by atoms with Crippen molar-refractivity contribution in [3.63, 3.8) is 0 Å². The molecule has 1 aliphatic carbocycles. The van der Waals surface area contributed by atoms with E-state index < -0.39 is 0 Å². The van der Waals surface area contributed by atoms with E-state index in [0.717, 1.165) is 0 Å². The first-order chi connectivity index (χ1) is 5.64. The van der Waals surface area contributed by atoms with Crippen LogP contribution in [-0.2, 0) is 0 Å². The molecule has 2 unspecified atom stereocenters. The predicted octanol–water partition coefficient (Wildman–Crippen LogP) is 2.05. The van der Waals surface area contributed by atoms with Crippen LogP contribution in [-0.4, -0.2) is 6.04 Å². The predicted molar refractivity (Wildman–Crippen MR) is 52.5 cm³/mol. The average molecular weight is 170 g/mol. The molecule has 0 aromatic heterocycles. The highest BCUT2D eigenvalue weighted by Crippen LogP contribution is 2.50. The van der Waals surface area contributed by atoms with E-state index in [1.54, 1.807) is 0 Å². The molecule has 0 radical (unpaired) electrons. The first-order valence-electron chi connectivity index (χ1n) is 5.10. The van der Waals surface area contributed by atoms with Crippen LogP contribution in [0, 0.1) is 11.3 Å². The van der Waals surface area contributed by atoms with Crippen LogP contribution in [0.5, 0.6) is 0 Å². The standard InChI is InChI=1S/C10H22N2/c1-4-5-8(2)9(12-11)10(3)6-7-10/h8-9,12H,4-7,11H2,1-3H3. The maximum atomic E-state index is 5.58. The van der Waals surface area contributed by atoms with Crippen molar-refractivity contribution in [3.05, 3.63) is 0 Å². The van der Waals surface area contributed by atoms with Gasteiger partial charge in [0.15, 0.2) is 0 Å². The Bertz CT molecular complexity index is 141. The Kier molecular flexibility index (Phi) is 3.13. The Morgan fingerprint density at radius 1 is 1.50 bits per heavy atom. The zero-order chi connectivity index (χ0) is 9.19. The molecular weight excluding hydrogens is 148 g/mol. The van der Waals surface area contributed by atoms with Crippen molar-refractivity contribution in [3.8, 4) is 0 Å². The average Bonchev–Trinajstić information content (AvgIpc) is 2.70. The monoisotopic (exact) mass is 170 g/mol. The summed E-state index contributed by atoms with van der Waals surface area (Å²) in [5.41, 5.74) is 3.49. The van der Waals surface area contributed by atoms with Gasteiger partial charge in [-0.2, -0.15) is 0 Å². The van der Waals surface area contributed by atoms with Gasteiger partial charge in [-0.25, -0.2) is 0 Å². The second-order valence-electron chi connectivity index (χ2n) is 4.56. The molecule has 0 heterocycles. The third kappa shape index (κ3) is 1.99. The number of nitrogens with two attached hydrogens (primary N) is 1. The van der Waals surface area contributed by atoms with E-state index in [9.17, 15) is 0 Å². The van der Waals surface area contributed by atoms with Crippen molar-refractivity contribution in [1.29, 1.82) is 0 Å². The third-order valence-electron chi connectivity index (χ3n) is 3.28. The molecule has 0 spiro atoms. The van der Waals surface area contributed by atoms with Crippen molar-refractivity contribution in [2.24, 2.45) is 17.2 Å².